The van der Waals surface area contributed by atoms with Crippen molar-refractivity contribution in [2.24, 2.45) is 0 Å². The highest BCUT2D eigenvalue weighted by atomic mass is 16.3. The van der Waals surface area contributed by atoms with Gasteiger partial charge < -0.3 is 10.0 Å². The molecule has 3 rings (SSSR count). The summed E-state index contributed by atoms with van der Waals surface area (Å²) in [6.07, 6.45) is 6.24. The molecule has 0 aliphatic carbocycles. The summed E-state index contributed by atoms with van der Waals surface area (Å²) >= 11 is 0. The smallest absolute Gasteiger partial charge is 0.222 e. The molecule has 1 aliphatic rings. The molecular weight excluding hydrogens is 304 g/mol. The molecule has 0 bridgehead atoms. The fourth-order valence-electron chi connectivity index (χ4n) is 3.49. The molecular formula is C18H24N4O2. The number of carbonyl (C=O) groups excluding carboxylic acids is 1. The minimum Gasteiger partial charge on any atom is -0.395 e. The first-order chi connectivity index (χ1) is 11.7. The minimum absolute atomic E-state index is 0.0692. The molecule has 1 atom stereocenters. The van der Waals surface area contributed by atoms with Crippen molar-refractivity contribution in [1.29, 1.82) is 0 Å². The quantitative estimate of drug-likeness (QED) is 0.874. The van der Waals surface area contributed by atoms with Crippen molar-refractivity contribution >= 4 is 5.91 Å². The molecule has 6 nitrogen and oxygen atoms in total. The Morgan fingerprint density at radius 1 is 1.29 bits per heavy atom. The highest BCUT2D eigenvalue weighted by Gasteiger charge is 2.37. The molecule has 1 N–H and O–H groups in total. The molecule has 6 heteroatoms. The Bertz CT molecular complexity index is 644. The molecule has 0 radical (unpaired) electrons. The minimum atomic E-state index is -0.332. The van der Waals surface area contributed by atoms with E-state index in [4.69, 9.17) is 0 Å². The molecule has 1 aliphatic heterocycles. The summed E-state index contributed by atoms with van der Waals surface area (Å²) in [5.41, 5.74) is 0.786. The Balaban J connectivity index is 1.60. The van der Waals surface area contributed by atoms with E-state index in [1.54, 1.807) is 11.0 Å². The van der Waals surface area contributed by atoms with E-state index in [-0.39, 0.29) is 17.9 Å². The molecule has 128 valence electrons. The number of amides is 1. The van der Waals surface area contributed by atoms with E-state index >= 15 is 0 Å². The van der Waals surface area contributed by atoms with Crippen LogP contribution in [0.15, 0.2) is 43.0 Å². The van der Waals surface area contributed by atoms with Gasteiger partial charge in [-0.3, -0.25) is 9.48 Å². The van der Waals surface area contributed by atoms with Gasteiger partial charge in [0.25, 0.3) is 0 Å². The van der Waals surface area contributed by atoms with Gasteiger partial charge in [0.1, 0.15) is 12.7 Å². The summed E-state index contributed by atoms with van der Waals surface area (Å²) in [4.78, 5) is 18.4. The van der Waals surface area contributed by atoms with Crippen LogP contribution in [0.1, 0.15) is 31.2 Å². The van der Waals surface area contributed by atoms with Crippen LogP contribution in [0.4, 0.5) is 0 Å². The van der Waals surface area contributed by atoms with Crippen LogP contribution in [0.3, 0.4) is 0 Å². The SMILES string of the molecule is O=C(CCCn1cncn1)N1CCC[C@](CO)(c2ccccc2)C1. The molecule has 1 amide bonds. The lowest BCUT2D eigenvalue weighted by Crippen LogP contribution is -2.50. The van der Waals surface area contributed by atoms with E-state index in [2.05, 4.69) is 22.2 Å². The first-order valence-corrected chi connectivity index (χ1v) is 8.50. The molecule has 1 fully saturated rings. The van der Waals surface area contributed by atoms with Crippen LogP contribution in [0.2, 0.25) is 0 Å². The Morgan fingerprint density at radius 3 is 2.83 bits per heavy atom. The lowest BCUT2D eigenvalue weighted by atomic mass is 9.74. The van der Waals surface area contributed by atoms with Crippen LogP contribution in [0.25, 0.3) is 0 Å². The van der Waals surface area contributed by atoms with E-state index in [0.717, 1.165) is 31.4 Å². The molecule has 0 spiro atoms. The second-order valence-corrected chi connectivity index (χ2v) is 6.49. The zero-order chi connectivity index (χ0) is 16.8. The number of aliphatic hydroxyl groups is 1. The Labute approximate surface area is 142 Å². The Kier molecular flexibility index (Phi) is 5.25. The number of rotatable bonds is 6. The van der Waals surface area contributed by atoms with Crippen LogP contribution in [0.5, 0.6) is 0 Å². The first-order valence-electron chi connectivity index (χ1n) is 8.50. The highest BCUT2D eigenvalue weighted by molar-refractivity contribution is 5.76. The van der Waals surface area contributed by atoms with Gasteiger partial charge in [-0.25, -0.2) is 4.98 Å². The average molecular weight is 328 g/mol. The van der Waals surface area contributed by atoms with Crippen molar-refractivity contribution in [3.05, 3.63) is 48.5 Å². The van der Waals surface area contributed by atoms with Crippen LogP contribution in [-0.4, -0.2) is 50.4 Å². The zero-order valence-corrected chi connectivity index (χ0v) is 13.8. The van der Waals surface area contributed by atoms with Gasteiger partial charge in [0.05, 0.1) is 6.61 Å². The van der Waals surface area contributed by atoms with Crippen LogP contribution in [0, 0.1) is 0 Å². The predicted molar refractivity (Wildman–Crippen MR) is 90.3 cm³/mol. The van der Waals surface area contributed by atoms with Crippen LogP contribution >= 0.6 is 0 Å². The number of benzene rings is 1. The lowest BCUT2D eigenvalue weighted by molar-refractivity contribution is -0.134. The monoisotopic (exact) mass is 328 g/mol. The van der Waals surface area contributed by atoms with Gasteiger partial charge in [0, 0.05) is 31.5 Å². The van der Waals surface area contributed by atoms with Crippen LogP contribution in [-0.2, 0) is 16.8 Å². The Morgan fingerprint density at radius 2 is 2.12 bits per heavy atom. The number of piperidine rings is 1. The second-order valence-electron chi connectivity index (χ2n) is 6.49. The number of aliphatic hydroxyl groups excluding tert-OH is 1. The maximum atomic E-state index is 12.6. The maximum Gasteiger partial charge on any atom is 0.222 e. The third-order valence-electron chi connectivity index (χ3n) is 4.86. The fraction of sp³-hybridized carbons (Fsp3) is 0.500. The molecule has 1 aromatic heterocycles. The van der Waals surface area contributed by atoms with Gasteiger partial charge in [-0.05, 0) is 24.8 Å². The van der Waals surface area contributed by atoms with Gasteiger partial charge >= 0.3 is 0 Å². The van der Waals surface area contributed by atoms with Crippen molar-refractivity contribution in [3.8, 4) is 0 Å². The summed E-state index contributed by atoms with van der Waals surface area (Å²) in [7, 11) is 0. The molecule has 0 saturated carbocycles. The van der Waals surface area contributed by atoms with Gasteiger partial charge in [0.15, 0.2) is 0 Å². The summed E-state index contributed by atoms with van der Waals surface area (Å²) < 4.78 is 1.74. The van der Waals surface area contributed by atoms with Crippen molar-refractivity contribution in [1.82, 2.24) is 19.7 Å². The molecule has 1 aromatic carbocycles. The van der Waals surface area contributed by atoms with Gasteiger partial charge in [-0.1, -0.05) is 30.3 Å². The normalized spacial score (nSPS) is 21.0. The molecule has 0 unspecified atom stereocenters. The van der Waals surface area contributed by atoms with Gasteiger partial charge in [0.2, 0.25) is 5.91 Å². The number of likely N-dealkylation sites (tertiary alicyclic amines) is 1. The number of hydrogen-bond acceptors (Lipinski definition) is 4. The van der Waals surface area contributed by atoms with Crippen LogP contribution < -0.4 is 0 Å². The predicted octanol–water partition coefficient (Wildman–Crippen LogP) is 1.61. The third-order valence-corrected chi connectivity index (χ3v) is 4.86. The number of carbonyl (C=O) groups is 1. The summed E-state index contributed by atoms with van der Waals surface area (Å²) in [6, 6.07) is 10.1. The summed E-state index contributed by atoms with van der Waals surface area (Å²) in [5, 5.41) is 14.1. The molecule has 24 heavy (non-hydrogen) atoms. The number of hydrogen-bond donors (Lipinski definition) is 1. The van der Waals surface area contributed by atoms with Crippen molar-refractivity contribution in [3.63, 3.8) is 0 Å². The number of nitrogens with zero attached hydrogens (tertiary/aromatic N) is 4. The topological polar surface area (TPSA) is 71.2 Å². The van der Waals surface area contributed by atoms with Crippen molar-refractivity contribution in [2.45, 2.75) is 37.6 Å². The van der Waals surface area contributed by atoms with E-state index in [0.29, 0.717) is 19.5 Å². The van der Waals surface area contributed by atoms with E-state index < -0.39 is 0 Å². The lowest BCUT2D eigenvalue weighted by Gasteiger charge is -2.42. The summed E-state index contributed by atoms with van der Waals surface area (Å²) in [6.45, 7) is 2.13. The van der Waals surface area contributed by atoms with Gasteiger partial charge in [-0.15, -0.1) is 0 Å². The third kappa shape index (κ3) is 3.64. The second kappa shape index (κ2) is 7.57. The largest absolute Gasteiger partial charge is 0.395 e. The van der Waals surface area contributed by atoms with Crippen molar-refractivity contribution in [2.75, 3.05) is 19.7 Å². The maximum absolute atomic E-state index is 12.6. The molecule has 2 aromatic rings. The number of aryl methyl sites for hydroxylation is 1. The molecule has 2 heterocycles. The van der Waals surface area contributed by atoms with Gasteiger partial charge in [-0.2, -0.15) is 5.10 Å². The standard InChI is InChI=1S/C18H24N4O2/c23-13-18(16-6-2-1-3-7-16)9-5-10-21(12-18)17(24)8-4-11-22-15-19-14-20-22/h1-3,6-7,14-15,23H,4-5,8-13H2/t18-/m0/s1. The summed E-state index contributed by atoms with van der Waals surface area (Å²) in [5.74, 6) is 0.156. The number of aromatic nitrogens is 3. The van der Waals surface area contributed by atoms with Crippen molar-refractivity contribution < 1.29 is 9.90 Å². The highest BCUT2D eigenvalue weighted by Crippen LogP contribution is 2.34. The van der Waals surface area contributed by atoms with E-state index in [1.165, 1.54) is 6.33 Å². The Hall–Kier alpha value is -2.21. The first kappa shape index (κ1) is 16.6. The van der Waals surface area contributed by atoms with E-state index in [1.807, 2.05) is 23.1 Å². The average Bonchev–Trinajstić information content (AvgIpc) is 3.16. The fourth-order valence-corrected chi connectivity index (χ4v) is 3.49. The van der Waals surface area contributed by atoms with E-state index in [9.17, 15) is 9.90 Å². The molecule has 1 saturated heterocycles. The zero-order valence-electron chi connectivity index (χ0n) is 13.8.